The van der Waals surface area contributed by atoms with Crippen molar-refractivity contribution in [1.29, 1.82) is 0 Å². The first-order chi connectivity index (χ1) is 8.32. The first-order valence-corrected chi connectivity index (χ1v) is 6.00. The summed E-state index contributed by atoms with van der Waals surface area (Å²) in [7, 11) is 0. The fourth-order valence-corrected chi connectivity index (χ4v) is 1.74. The average molecular weight is 270 g/mol. The van der Waals surface area contributed by atoms with E-state index in [1.54, 1.807) is 32.9 Å². The zero-order chi connectivity index (χ0) is 13.9. The molecule has 4 nitrogen and oxygen atoms in total. The second-order valence-corrected chi connectivity index (χ2v) is 4.93. The number of amides is 1. The summed E-state index contributed by atoms with van der Waals surface area (Å²) >= 11 is 5.83. The molecule has 5 heteroatoms. The van der Waals surface area contributed by atoms with Crippen LogP contribution >= 0.6 is 11.6 Å². The third kappa shape index (κ3) is 3.47. The minimum atomic E-state index is -1.04. The smallest absolute Gasteiger partial charge is 0.326 e. The Balaban J connectivity index is 2.94. The number of nitrogens with one attached hydrogen (secondary N) is 1. The third-order valence-electron chi connectivity index (χ3n) is 2.66. The first-order valence-electron chi connectivity index (χ1n) is 5.62. The number of carbonyl (C=O) groups is 2. The van der Waals surface area contributed by atoms with Crippen LogP contribution in [-0.4, -0.2) is 23.0 Å². The first kappa shape index (κ1) is 14.5. The summed E-state index contributed by atoms with van der Waals surface area (Å²) in [5.74, 6) is -1.65. The van der Waals surface area contributed by atoms with Crippen molar-refractivity contribution in [2.24, 2.45) is 5.92 Å². The Labute approximate surface area is 111 Å². The van der Waals surface area contributed by atoms with Gasteiger partial charge in [0.25, 0.3) is 5.91 Å². The summed E-state index contributed by atoms with van der Waals surface area (Å²) in [6, 6.07) is 4.04. The number of aliphatic carboxylic acids is 1. The van der Waals surface area contributed by atoms with Gasteiger partial charge in [0.05, 0.1) is 0 Å². The Kier molecular flexibility index (Phi) is 4.73. The standard InChI is InChI=1S/C13H16ClNO3/c1-7(2)11(13(17)18)15-12(16)10-6-9(14)5-4-8(10)3/h4-7,11H,1-3H3,(H,15,16)(H,17,18)/t11-/m0/s1. The van der Waals surface area contributed by atoms with Crippen molar-refractivity contribution in [3.8, 4) is 0 Å². The molecule has 0 aliphatic heterocycles. The number of carboxylic acid groups (broad SMARTS) is 1. The van der Waals surface area contributed by atoms with Crippen molar-refractivity contribution < 1.29 is 14.7 Å². The SMILES string of the molecule is Cc1ccc(Cl)cc1C(=O)N[C@H](C(=O)O)C(C)C. The van der Waals surface area contributed by atoms with Gasteiger partial charge >= 0.3 is 5.97 Å². The van der Waals surface area contributed by atoms with E-state index in [1.807, 2.05) is 0 Å². The minimum absolute atomic E-state index is 0.189. The second-order valence-electron chi connectivity index (χ2n) is 4.49. The molecular weight excluding hydrogens is 254 g/mol. The predicted molar refractivity (Wildman–Crippen MR) is 69.9 cm³/mol. The van der Waals surface area contributed by atoms with Crippen LogP contribution in [0.25, 0.3) is 0 Å². The van der Waals surface area contributed by atoms with Crippen LogP contribution in [0.2, 0.25) is 5.02 Å². The van der Waals surface area contributed by atoms with Gasteiger partial charge in [-0.05, 0) is 30.5 Å². The Morgan fingerprint density at radius 1 is 1.33 bits per heavy atom. The molecular formula is C13H16ClNO3. The van der Waals surface area contributed by atoms with Gasteiger partial charge in [0.15, 0.2) is 0 Å². The normalized spacial score (nSPS) is 12.3. The topological polar surface area (TPSA) is 66.4 Å². The monoisotopic (exact) mass is 269 g/mol. The molecule has 1 amide bonds. The van der Waals surface area contributed by atoms with Crippen LogP contribution < -0.4 is 5.32 Å². The summed E-state index contributed by atoms with van der Waals surface area (Å²) in [6.07, 6.45) is 0. The van der Waals surface area contributed by atoms with E-state index in [-0.39, 0.29) is 5.92 Å². The lowest BCUT2D eigenvalue weighted by atomic mass is 10.0. The fraction of sp³-hybridized carbons (Fsp3) is 0.385. The zero-order valence-electron chi connectivity index (χ0n) is 10.5. The molecule has 0 aliphatic carbocycles. The van der Waals surface area contributed by atoms with Gasteiger partial charge in [-0.25, -0.2) is 4.79 Å². The molecule has 0 spiro atoms. The number of carbonyl (C=O) groups excluding carboxylic acids is 1. The molecule has 0 fully saturated rings. The van der Waals surface area contributed by atoms with Crippen LogP contribution in [0, 0.1) is 12.8 Å². The highest BCUT2D eigenvalue weighted by Gasteiger charge is 2.24. The minimum Gasteiger partial charge on any atom is -0.480 e. The lowest BCUT2D eigenvalue weighted by Gasteiger charge is -2.18. The molecule has 0 unspecified atom stereocenters. The molecule has 0 saturated heterocycles. The van der Waals surface area contributed by atoms with Crippen molar-refractivity contribution >= 4 is 23.5 Å². The summed E-state index contributed by atoms with van der Waals surface area (Å²) in [5.41, 5.74) is 1.15. The van der Waals surface area contributed by atoms with Crippen molar-refractivity contribution in [1.82, 2.24) is 5.32 Å². The number of rotatable bonds is 4. The highest BCUT2D eigenvalue weighted by atomic mass is 35.5. The van der Waals surface area contributed by atoms with Gasteiger partial charge in [-0.3, -0.25) is 4.79 Å². The quantitative estimate of drug-likeness (QED) is 0.882. The number of carboxylic acids is 1. The highest BCUT2D eigenvalue weighted by molar-refractivity contribution is 6.31. The Bertz CT molecular complexity index is 471. The maximum Gasteiger partial charge on any atom is 0.326 e. The van der Waals surface area contributed by atoms with E-state index in [9.17, 15) is 9.59 Å². The molecule has 0 aliphatic rings. The van der Waals surface area contributed by atoms with Gasteiger partial charge in [0, 0.05) is 10.6 Å². The van der Waals surface area contributed by atoms with Crippen molar-refractivity contribution in [3.63, 3.8) is 0 Å². The molecule has 18 heavy (non-hydrogen) atoms. The number of hydrogen-bond acceptors (Lipinski definition) is 2. The largest absolute Gasteiger partial charge is 0.480 e. The predicted octanol–water partition coefficient (Wildman–Crippen LogP) is 2.49. The van der Waals surface area contributed by atoms with Gasteiger partial charge in [-0.15, -0.1) is 0 Å². The Morgan fingerprint density at radius 2 is 1.94 bits per heavy atom. The summed E-state index contributed by atoms with van der Waals surface area (Å²) in [6.45, 7) is 5.25. The molecule has 1 atom stereocenters. The van der Waals surface area contributed by atoms with E-state index < -0.39 is 17.9 Å². The molecule has 0 bridgehead atoms. The molecule has 0 heterocycles. The highest BCUT2D eigenvalue weighted by Crippen LogP contribution is 2.16. The van der Waals surface area contributed by atoms with Crippen molar-refractivity contribution in [2.45, 2.75) is 26.8 Å². The lowest BCUT2D eigenvalue weighted by Crippen LogP contribution is -2.44. The molecule has 2 N–H and O–H groups in total. The number of aryl methyl sites for hydroxylation is 1. The Hall–Kier alpha value is -1.55. The second kappa shape index (κ2) is 5.87. The third-order valence-corrected chi connectivity index (χ3v) is 2.90. The summed E-state index contributed by atoms with van der Waals surface area (Å²) in [4.78, 5) is 23.0. The van der Waals surface area contributed by atoms with E-state index in [1.165, 1.54) is 6.07 Å². The fourth-order valence-electron chi connectivity index (χ4n) is 1.57. The molecule has 98 valence electrons. The number of halogens is 1. The van der Waals surface area contributed by atoms with E-state index >= 15 is 0 Å². The van der Waals surface area contributed by atoms with Gasteiger partial charge in [-0.2, -0.15) is 0 Å². The van der Waals surface area contributed by atoms with Gasteiger partial charge in [-0.1, -0.05) is 31.5 Å². The van der Waals surface area contributed by atoms with Gasteiger partial charge in [0.1, 0.15) is 6.04 Å². The summed E-state index contributed by atoms with van der Waals surface area (Å²) in [5, 5.41) is 12.0. The average Bonchev–Trinajstić information content (AvgIpc) is 2.28. The molecule has 0 radical (unpaired) electrons. The molecule has 1 aromatic rings. The van der Waals surface area contributed by atoms with Gasteiger partial charge < -0.3 is 10.4 Å². The maximum atomic E-state index is 12.0. The summed E-state index contributed by atoms with van der Waals surface area (Å²) < 4.78 is 0. The lowest BCUT2D eigenvalue weighted by molar-refractivity contribution is -0.140. The molecule has 0 saturated carbocycles. The molecule has 1 rings (SSSR count). The van der Waals surface area contributed by atoms with Gasteiger partial charge in [0.2, 0.25) is 0 Å². The molecule has 0 aromatic heterocycles. The van der Waals surface area contributed by atoms with Crippen molar-refractivity contribution in [3.05, 3.63) is 34.3 Å². The van der Waals surface area contributed by atoms with Crippen LogP contribution in [0.4, 0.5) is 0 Å². The van der Waals surface area contributed by atoms with Crippen LogP contribution in [-0.2, 0) is 4.79 Å². The number of benzene rings is 1. The van der Waals surface area contributed by atoms with Crippen LogP contribution in [0.1, 0.15) is 29.8 Å². The Morgan fingerprint density at radius 3 is 2.44 bits per heavy atom. The van der Waals surface area contributed by atoms with Crippen LogP contribution in [0.5, 0.6) is 0 Å². The van der Waals surface area contributed by atoms with Crippen molar-refractivity contribution in [2.75, 3.05) is 0 Å². The molecule has 1 aromatic carbocycles. The van der Waals surface area contributed by atoms with E-state index in [4.69, 9.17) is 16.7 Å². The van der Waals surface area contributed by atoms with Crippen LogP contribution in [0.15, 0.2) is 18.2 Å². The van der Waals surface area contributed by atoms with Crippen LogP contribution in [0.3, 0.4) is 0 Å². The number of hydrogen-bond donors (Lipinski definition) is 2. The van der Waals surface area contributed by atoms with E-state index in [0.717, 1.165) is 5.56 Å². The maximum absolute atomic E-state index is 12.0. The zero-order valence-corrected chi connectivity index (χ0v) is 11.3. The van der Waals surface area contributed by atoms with E-state index in [2.05, 4.69) is 5.32 Å². The van der Waals surface area contributed by atoms with E-state index in [0.29, 0.717) is 10.6 Å².